The smallest absolute Gasteiger partial charge is 0.101 e. The Morgan fingerprint density at radius 2 is 1.75 bits per heavy atom. The Bertz CT molecular complexity index is 695. The molecule has 0 unspecified atom stereocenters. The lowest BCUT2D eigenvalue weighted by Crippen LogP contribution is -2.25. The first kappa shape index (κ1) is 12.7. The largest absolute Gasteiger partial charge is 0.340 e. The highest BCUT2D eigenvalue weighted by atomic mass is 15.1. The van der Waals surface area contributed by atoms with E-state index < -0.39 is 0 Å². The van der Waals surface area contributed by atoms with E-state index >= 15 is 0 Å². The molecule has 3 rings (SSSR count). The SMILES string of the molecule is Cc1ccc2c(c1)CCCN2c1cc(C)ccc1C#N. The van der Waals surface area contributed by atoms with Gasteiger partial charge in [-0.05, 0) is 56.0 Å². The molecule has 0 saturated carbocycles. The predicted molar refractivity (Wildman–Crippen MR) is 82.4 cm³/mol. The summed E-state index contributed by atoms with van der Waals surface area (Å²) in [6.45, 7) is 5.19. The fraction of sp³-hybridized carbons (Fsp3) is 0.278. The molecule has 0 spiro atoms. The van der Waals surface area contributed by atoms with E-state index in [-0.39, 0.29) is 0 Å². The van der Waals surface area contributed by atoms with Crippen molar-refractivity contribution >= 4 is 11.4 Å². The third-order valence-electron chi connectivity index (χ3n) is 3.92. The Labute approximate surface area is 120 Å². The number of fused-ring (bicyclic) bond motifs is 1. The zero-order valence-corrected chi connectivity index (χ0v) is 12.0. The normalized spacial score (nSPS) is 13.8. The number of nitrogens with zero attached hydrogens (tertiary/aromatic N) is 2. The minimum Gasteiger partial charge on any atom is -0.340 e. The van der Waals surface area contributed by atoms with E-state index in [0.717, 1.165) is 30.6 Å². The molecular weight excluding hydrogens is 244 g/mol. The fourth-order valence-electron chi connectivity index (χ4n) is 2.94. The highest BCUT2D eigenvalue weighted by Gasteiger charge is 2.20. The summed E-state index contributed by atoms with van der Waals surface area (Å²) in [7, 11) is 0. The molecule has 2 nitrogen and oxygen atoms in total. The maximum absolute atomic E-state index is 9.36. The second-order valence-electron chi connectivity index (χ2n) is 5.52. The monoisotopic (exact) mass is 262 g/mol. The van der Waals surface area contributed by atoms with Crippen LogP contribution in [0.15, 0.2) is 36.4 Å². The highest BCUT2D eigenvalue weighted by molar-refractivity contribution is 5.73. The van der Waals surface area contributed by atoms with Gasteiger partial charge in [0.15, 0.2) is 0 Å². The van der Waals surface area contributed by atoms with Gasteiger partial charge in [-0.3, -0.25) is 0 Å². The lowest BCUT2D eigenvalue weighted by molar-refractivity contribution is 0.765. The summed E-state index contributed by atoms with van der Waals surface area (Å²) in [4.78, 5) is 2.30. The van der Waals surface area contributed by atoms with E-state index in [1.165, 1.54) is 22.4 Å². The molecule has 1 heterocycles. The summed E-state index contributed by atoms with van der Waals surface area (Å²) in [5, 5.41) is 9.36. The number of nitriles is 1. The Balaban J connectivity index is 2.14. The van der Waals surface area contributed by atoms with Crippen molar-refractivity contribution in [3.05, 3.63) is 58.7 Å². The van der Waals surface area contributed by atoms with Crippen molar-refractivity contribution in [2.75, 3.05) is 11.4 Å². The minimum absolute atomic E-state index is 0.754. The predicted octanol–water partition coefficient (Wildman–Crippen LogP) is 4.26. The van der Waals surface area contributed by atoms with Crippen LogP contribution < -0.4 is 4.90 Å². The van der Waals surface area contributed by atoms with Gasteiger partial charge in [-0.25, -0.2) is 0 Å². The number of rotatable bonds is 1. The van der Waals surface area contributed by atoms with Gasteiger partial charge in [0.05, 0.1) is 11.3 Å². The fourth-order valence-corrected chi connectivity index (χ4v) is 2.94. The molecule has 1 aliphatic rings. The zero-order valence-electron chi connectivity index (χ0n) is 12.0. The van der Waals surface area contributed by atoms with Crippen LogP contribution in [-0.2, 0) is 6.42 Å². The molecule has 2 aromatic carbocycles. The summed E-state index contributed by atoms with van der Waals surface area (Å²) in [6, 6.07) is 15.0. The maximum atomic E-state index is 9.36. The van der Waals surface area contributed by atoms with Crippen LogP contribution in [0, 0.1) is 25.2 Å². The summed E-state index contributed by atoms with van der Waals surface area (Å²) in [6.07, 6.45) is 2.26. The molecule has 0 bridgehead atoms. The highest BCUT2D eigenvalue weighted by Crippen LogP contribution is 2.36. The van der Waals surface area contributed by atoms with Crippen molar-refractivity contribution in [2.45, 2.75) is 26.7 Å². The van der Waals surface area contributed by atoms with Crippen molar-refractivity contribution in [2.24, 2.45) is 0 Å². The Morgan fingerprint density at radius 3 is 2.55 bits per heavy atom. The van der Waals surface area contributed by atoms with E-state index in [9.17, 15) is 5.26 Å². The van der Waals surface area contributed by atoms with E-state index in [2.05, 4.69) is 49.1 Å². The van der Waals surface area contributed by atoms with Crippen LogP contribution in [0.25, 0.3) is 0 Å². The second-order valence-corrected chi connectivity index (χ2v) is 5.52. The van der Waals surface area contributed by atoms with E-state index in [0.29, 0.717) is 0 Å². The molecule has 2 heteroatoms. The number of hydrogen-bond acceptors (Lipinski definition) is 2. The van der Waals surface area contributed by atoms with Crippen molar-refractivity contribution in [1.29, 1.82) is 5.26 Å². The van der Waals surface area contributed by atoms with Crippen LogP contribution in [0.3, 0.4) is 0 Å². The van der Waals surface area contributed by atoms with Gasteiger partial charge in [0, 0.05) is 12.2 Å². The van der Waals surface area contributed by atoms with Gasteiger partial charge in [-0.2, -0.15) is 5.26 Å². The zero-order chi connectivity index (χ0) is 14.1. The molecule has 0 radical (unpaired) electrons. The third-order valence-corrected chi connectivity index (χ3v) is 3.92. The van der Waals surface area contributed by atoms with Crippen molar-refractivity contribution in [1.82, 2.24) is 0 Å². The Kier molecular flexibility index (Phi) is 3.20. The van der Waals surface area contributed by atoms with Crippen LogP contribution in [-0.4, -0.2) is 6.54 Å². The summed E-state index contributed by atoms with van der Waals surface area (Å²) in [5.41, 5.74) is 6.93. The Hall–Kier alpha value is -2.27. The van der Waals surface area contributed by atoms with Crippen LogP contribution in [0.2, 0.25) is 0 Å². The number of anilines is 2. The molecule has 20 heavy (non-hydrogen) atoms. The first-order valence-corrected chi connectivity index (χ1v) is 7.07. The van der Waals surface area contributed by atoms with E-state index in [1.807, 2.05) is 12.1 Å². The molecule has 0 N–H and O–H groups in total. The number of benzene rings is 2. The van der Waals surface area contributed by atoms with Gasteiger partial charge in [0.25, 0.3) is 0 Å². The molecule has 100 valence electrons. The molecule has 0 amide bonds. The Morgan fingerprint density at radius 1 is 1.00 bits per heavy atom. The van der Waals surface area contributed by atoms with E-state index in [4.69, 9.17) is 0 Å². The standard InChI is InChI=1S/C18H18N2/c1-13-6-8-17-15(10-13)4-3-9-20(17)18-11-14(2)5-7-16(18)12-19/h5-8,10-11H,3-4,9H2,1-2H3. The number of hydrogen-bond donors (Lipinski definition) is 0. The van der Waals surface area contributed by atoms with Crippen LogP contribution >= 0.6 is 0 Å². The van der Waals surface area contributed by atoms with Crippen molar-refractivity contribution in [3.8, 4) is 6.07 Å². The average Bonchev–Trinajstić information content (AvgIpc) is 2.46. The third kappa shape index (κ3) is 2.16. The van der Waals surface area contributed by atoms with Crippen LogP contribution in [0.1, 0.15) is 28.7 Å². The van der Waals surface area contributed by atoms with Crippen LogP contribution in [0.5, 0.6) is 0 Å². The quantitative estimate of drug-likeness (QED) is 0.767. The number of aryl methyl sites for hydroxylation is 3. The summed E-state index contributed by atoms with van der Waals surface area (Å²) >= 11 is 0. The molecular formula is C18H18N2. The second kappa shape index (κ2) is 5.02. The van der Waals surface area contributed by atoms with Gasteiger partial charge in [0.2, 0.25) is 0 Å². The van der Waals surface area contributed by atoms with Gasteiger partial charge < -0.3 is 4.90 Å². The molecule has 0 fully saturated rings. The van der Waals surface area contributed by atoms with Gasteiger partial charge in [-0.15, -0.1) is 0 Å². The van der Waals surface area contributed by atoms with Gasteiger partial charge in [0.1, 0.15) is 6.07 Å². The molecule has 1 aliphatic heterocycles. The lowest BCUT2D eigenvalue weighted by atomic mass is 9.98. The molecule has 2 aromatic rings. The molecule has 0 saturated heterocycles. The van der Waals surface area contributed by atoms with Crippen LogP contribution in [0.4, 0.5) is 11.4 Å². The molecule has 0 aromatic heterocycles. The minimum atomic E-state index is 0.754. The van der Waals surface area contributed by atoms with Crippen molar-refractivity contribution in [3.63, 3.8) is 0 Å². The summed E-state index contributed by atoms with van der Waals surface area (Å²) < 4.78 is 0. The van der Waals surface area contributed by atoms with Gasteiger partial charge >= 0.3 is 0 Å². The average molecular weight is 262 g/mol. The van der Waals surface area contributed by atoms with E-state index in [1.54, 1.807) is 0 Å². The molecule has 0 atom stereocenters. The first-order chi connectivity index (χ1) is 9.69. The topological polar surface area (TPSA) is 27.0 Å². The maximum Gasteiger partial charge on any atom is 0.101 e. The summed E-state index contributed by atoms with van der Waals surface area (Å²) in [5.74, 6) is 0. The first-order valence-electron chi connectivity index (χ1n) is 7.07. The lowest BCUT2D eigenvalue weighted by Gasteiger charge is -2.32. The van der Waals surface area contributed by atoms with Gasteiger partial charge in [-0.1, -0.05) is 23.8 Å². The molecule has 0 aliphatic carbocycles. The van der Waals surface area contributed by atoms with Crippen molar-refractivity contribution < 1.29 is 0 Å².